The molecule has 3 aromatic rings. The number of carbonyl (C=O) groups is 1. The van der Waals surface area contributed by atoms with Gasteiger partial charge in [0.2, 0.25) is 0 Å². The third kappa shape index (κ3) is 2.77. The van der Waals surface area contributed by atoms with Crippen molar-refractivity contribution in [2.45, 2.75) is 51.6 Å². The molecule has 150 valence electrons. The molecule has 3 atom stereocenters. The number of amides is 1. The van der Waals surface area contributed by atoms with Crippen molar-refractivity contribution in [3.05, 3.63) is 58.9 Å². The van der Waals surface area contributed by atoms with E-state index in [-0.39, 0.29) is 30.0 Å². The molecule has 0 radical (unpaired) electrons. The van der Waals surface area contributed by atoms with Gasteiger partial charge in [-0.2, -0.15) is 0 Å². The summed E-state index contributed by atoms with van der Waals surface area (Å²) >= 11 is 0. The van der Waals surface area contributed by atoms with Crippen LogP contribution < -0.4 is 0 Å². The number of rotatable bonds is 4. The predicted octanol–water partition coefficient (Wildman–Crippen LogP) is 3.44. The van der Waals surface area contributed by atoms with Crippen LogP contribution in [0.4, 0.5) is 0 Å². The van der Waals surface area contributed by atoms with Crippen molar-refractivity contribution in [2.24, 2.45) is 5.41 Å². The average Bonchev–Trinajstić information content (AvgIpc) is 3.39. The number of aryl methyl sites for hydroxylation is 2. The van der Waals surface area contributed by atoms with Crippen LogP contribution in [0.25, 0.3) is 11.1 Å². The Bertz CT molecular complexity index is 1080. The van der Waals surface area contributed by atoms with Crippen LogP contribution in [-0.2, 0) is 6.42 Å². The standard InChI is InChI=1S/C23H25N3O3/c1-14-10-18(20-15(2)25-29-21(20)24-14)22(28)26-17-8-9-19(26)23(12-17,13-27)11-16-6-4-3-5-7-16/h3-7,10,17,19,27H,8-9,11-13H2,1-2H3/t17-,19+,23-/m0/s1. The summed E-state index contributed by atoms with van der Waals surface area (Å²) < 4.78 is 5.32. The number of aliphatic hydroxyl groups is 1. The molecule has 2 saturated heterocycles. The summed E-state index contributed by atoms with van der Waals surface area (Å²) in [5.41, 5.74) is 3.36. The first-order valence-corrected chi connectivity index (χ1v) is 10.2. The summed E-state index contributed by atoms with van der Waals surface area (Å²) in [6, 6.07) is 12.3. The molecule has 2 aliphatic rings. The van der Waals surface area contributed by atoms with E-state index in [1.54, 1.807) is 0 Å². The third-order valence-corrected chi connectivity index (χ3v) is 6.78. The molecule has 2 aliphatic heterocycles. The summed E-state index contributed by atoms with van der Waals surface area (Å²) in [5, 5.41) is 15.1. The molecule has 5 rings (SSSR count). The Labute approximate surface area is 169 Å². The van der Waals surface area contributed by atoms with Crippen LogP contribution in [0, 0.1) is 19.3 Å². The molecule has 4 heterocycles. The van der Waals surface area contributed by atoms with Gasteiger partial charge in [0.15, 0.2) is 0 Å². The van der Waals surface area contributed by atoms with Gasteiger partial charge in [-0.3, -0.25) is 4.79 Å². The molecular formula is C23H25N3O3. The first kappa shape index (κ1) is 18.3. The van der Waals surface area contributed by atoms with Gasteiger partial charge in [0, 0.05) is 23.2 Å². The van der Waals surface area contributed by atoms with E-state index in [1.165, 1.54) is 5.56 Å². The van der Waals surface area contributed by atoms with Gasteiger partial charge in [0.25, 0.3) is 11.6 Å². The minimum atomic E-state index is -0.287. The highest BCUT2D eigenvalue weighted by Gasteiger charge is 2.57. The topological polar surface area (TPSA) is 79.5 Å². The van der Waals surface area contributed by atoms with Crippen LogP contribution in [0.1, 0.15) is 46.6 Å². The van der Waals surface area contributed by atoms with E-state index in [1.807, 2.05) is 43.0 Å². The average molecular weight is 391 g/mol. The van der Waals surface area contributed by atoms with E-state index in [9.17, 15) is 9.90 Å². The van der Waals surface area contributed by atoms with Gasteiger partial charge >= 0.3 is 0 Å². The highest BCUT2D eigenvalue weighted by Crippen LogP contribution is 2.52. The summed E-state index contributed by atoms with van der Waals surface area (Å²) in [4.78, 5) is 20.1. The van der Waals surface area contributed by atoms with Gasteiger partial charge in [-0.25, -0.2) is 4.98 Å². The Hall–Kier alpha value is -2.73. The molecule has 2 fully saturated rings. The van der Waals surface area contributed by atoms with E-state index in [0.29, 0.717) is 22.4 Å². The summed E-state index contributed by atoms with van der Waals surface area (Å²) in [7, 11) is 0. The number of aromatic nitrogens is 2. The quantitative estimate of drug-likeness (QED) is 0.737. The van der Waals surface area contributed by atoms with Crippen molar-refractivity contribution < 1.29 is 14.4 Å². The van der Waals surface area contributed by atoms with Crippen LogP contribution in [0.3, 0.4) is 0 Å². The molecule has 6 nitrogen and oxygen atoms in total. The molecule has 2 aromatic heterocycles. The fourth-order valence-electron chi connectivity index (χ4n) is 5.54. The number of nitrogens with zero attached hydrogens (tertiary/aromatic N) is 3. The summed E-state index contributed by atoms with van der Waals surface area (Å²) in [6.45, 7) is 3.79. The Morgan fingerprint density at radius 3 is 2.83 bits per heavy atom. The van der Waals surface area contributed by atoms with E-state index >= 15 is 0 Å². The molecule has 2 bridgehead atoms. The number of pyridine rings is 1. The van der Waals surface area contributed by atoms with Crippen LogP contribution in [-0.4, -0.2) is 44.7 Å². The van der Waals surface area contributed by atoms with Crippen molar-refractivity contribution >= 4 is 17.0 Å². The number of fused-ring (bicyclic) bond motifs is 3. The molecule has 1 aromatic carbocycles. The lowest BCUT2D eigenvalue weighted by Gasteiger charge is -2.36. The second-order valence-electron chi connectivity index (χ2n) is 8.61. The minimum Gasteiger partial charge on any atom is -0.396 e. The van der Waals surface area contributed by atoms with E-state index < -0.39 is 0 Å². The molecule has 0 aliphatic carbocycles. The van der Waals surface area contributed by atoms with Crippen molar-refractivity contribution in [3.8, 4) is 0 Å². The molecule has 0 saturated carbocycles. The molecule has 1 N–H and O–H groups in total. The Kier molecular flexibility index (Phi) is 4.21. The van der Waals surface area contributed by atoms with Crippen molar-refractivity contribution in [3.63, 3.8) is 0 Å². The number of carbonyl (C=O) groups excluding carboxylic acids is 1. The van der Waals surface area contributed by atoms with Gasteiger partial charge in [-0.1, -0.05) is 35.5 Å². The fraction of sp³-hybridized carbons (Fsp3) is 0.435. The maximum atomic E-state index is 13.7. The number of benzene rings is 1. The Morgan fingerprint density at radius 2 is 2.07 bits per heavy atom. The number of aliphatic hydroxyl groups excluding tert-OH is 1. The summed E-state index contributed by atoms with van der Waals surface area (Å²) in [6.07, 6.45) is 3.54. The Morgan fingerprint density at radius 1 is 1.28 bits per heavy atom. The highest BCUT2D eigenvalue weighted by molar-refractivity contribution is 6.06. The van der Waals surface area contributed by atoms with Gasteiger partial charge in [-0.05, 0) is 51.2 Å². The number of hydrogen-bond acceptors (Lipinski definition) is 5. The number of hydrogen-bond donors (Lipinski definition) is 1. The molecule has 6 heteroatoms. The van der Waals surface area contributed by atoms with Crippen molar-refractivity contribution in [2.75, 3.05) is 6.61 Å². The van der Waals surface area contributed by atoms with E-state index in [0.717, 1.165) is 31.4 Å². The third-order valence-electron chi connectivity index (χ3n) is 6.78. The normalized spacial score (nSPS) is 25.8. The van der Waals surface area contributed by atoms with Crippen molar-refractivity contribution in [1.29, 1.82) is 0 Å². The van der Waals surface area contributed by atoms with E-state index in [2.05, 4.69) is 22.3 Å². The SMILES string of the molecule is Cc1cc(C(=O)N2[C@H]3CC[C@@H]2[C@@](CO)(Cc2ccccc2)C3)c2c(C)noc2n1. The first-order valence-electron chi connectivity index (χ1n) is 10.2. The van der Waals surface area contributed by atoms with Gasteiger partial charge < -0.3 is 14.5 Å². The molecule has 29 heavy (non-hydrogen) atoms. The van der Waals surface area contributed by atoms with E-state index in [4.69, 9.17) is 4.52 Å². The lowest BCUT2D eigenvalue weighted by molar-refractivity contribution is 0.0572. The zero-order chi connectivity index (χ0) is 20.2. The lowest BCUT2D eigenvalue weighted by Crippen LogP contribution is -2.44. The van der Waals surface area contributed by atoms with Crippen LogP contribution in [0.2, 0.25) is 0 Å². The second kappa shape index (κ2) is 6.66. The zero-order valence-electron chi connectivity index (χ0n) is 16.8. The first-order chi connectivity index (χ1) is 14.0. The zero-order valence-corrected chi connectivity index (χ0v) is 16.8. The minimum absolute atomic E-state index is 0.00249. The maximum absolute atomic E-state index is 13.7. The lowest BCUT2D eigenvalue weighted by atomic mass is 9.70. The molecule has 1 amide bonds. The van der Waals surface area contributed by atoms with Crippen LogP contribution in [0.15, 0.2) is 40.9 Å². The predicted molar refractivity (Wildman–Crippen MR) is 109 cm³/mol. The van der Waals surface area contributed by atoms with Crippen LogP contribution >= 0.6 is 0 Å². The summed E-state index contributed by atoms with van der Waals surface area (Å²) in [5.74, 6) is 0.00249. The van der Waals surface area contributed by atoms with Crippen molar-refractivity contribution in [1.82, 2.24) is 15.0 Å². The molecule has 0 unspecified atom stereocenters. The fourth-order valence-corrected chi connectivity index (χ4v) is 5.54. The largest absolute Gasteiger partial charge is 0.396 e. The monoisotopic (exact) mass is 391 g/mol. The highest BCUT2D eigenvalue weighted by atomic mass is 16.5. The van der Waals surface area contributed by atoms with Gasteiger partial charge in [0.05, 0.1) is 23.3 Å². The Balaban J connectivity index is 1.53. The molecular weight excluding hydrogens is 366 g/mol. The van der Waals surface area contributed by atoms with Crippen LogP contribution in [0.5, 0.6) is 0 Å². The van der Waals surface area contributed by atoms with Gasteiger partial charge in [-0.15, -0.1) is 0 Å². The maximum Gasteiger partial charge on any atom is 0.258 e. The molecule has 0 spiro atoms. The smallest absolute Gasteiger partial charge is 0.258 e. The van der Waals surface area contributed by atoms with Gasteiger partial charge in [0.1, 0.15) is 0 Å². The second-order valence-corrected chi connectivity index (χ2v) is 8.61.